The number of hydrogen-bond acceptors (Lipinski definition) is 8. The van der Waals surface area contributed by atoms with E-state index in [1.165, 1.54) is 0 Å². The molecular formula is H28AlF6N7O2. The zero-order valence-electron chi connectivity index (χ0n) is 8.83. The summed E-state index contributed by atoms with van der Waals surface area (Å²) in [5.41, 5.74) is 0. The Morgan fingerprint density at radius 3 is 0.500 bits per heavy atom. The Balaban J connectivity index is -0.000000000256. The van der Waals surface area contributed by atoms with Crippen LogP contribution in [0.4, 0.5) is 28.2 Å². The summed E-state index contributed by atoms with van der Waals surface area (Å²) in [6.07, 6.45) is 0. The molecule has 0 saturated carbocycles. The van der Waals surface area contributed by atoms with E-state index in [2.05, 4.69) is 0 Å². The average Bonchev–Trinajstić information content (AvgIpc) is 0.918. The molecule has 0 atom stereocenters. The van der Waals surface area contributed by atoms with Crippen LogP contribution in [0.1, 0.15) is 0 Å². The van der Waals surface area contributed by atoms with Crippen molar-refractivity contribution >= 4 is 15.5 Å². The molecule has 16 heteroatoms. The van der Waals surface area contributed by atoms with Gasteiger partial charge in [0.2, 0.25) is 0 Å². The van der Waals surface area contributed by atoms with Crippen LogP contribution in [-0.2, 0) is 3.80 Å². The first-order chi connectivity index (χ1) is 1.41. The summed E-state index contributed by atoms with van der Waals surface area (Å²) in [5.74, 6) is 0. The van der Waals surface area contributed by atoms with E-state index >= 15 is 0 Å². The molecular weight excluding hydrogens is 271 g/mol. The van der Waals surface area contributed by atoms with Crippen molar-refractivity contribution in [3.05, 3.63) is 0 Å². The van der Waals surface area contributed by atoms with Gasteiger partial charge in [-0.1, -0.05) is 0 Å². The van der Waals surface area contributed by atoms with Gasteiger partial charge >= 0.3 is 23.4 Å². The topological polar surface area (TPSA) is 282 Å². The Labute approximate surface area is 95.7 Å². The Bertz CT molecular complexity index is 34.3. The van der Waals surface area contributed by atoms with E-state index < -0.39 is 15.5 Å². The van der Waals surface area contributed by atoms with Crippen LogP contribution < -0.4 is 43.1 Å². The van der Waals surface area contributed by atoms with Crippen LogP contribution in [0.5, 0.6) is 0 Å². The molecule has 0 radical (unpaired) electrons. The zero-order chi connectivity index (χ0) is 2.71. The summed E-state index contributed by atoms with van der Waals surface area (Å²) in [6.45, 7) is 0. The maximum atomic E-state index is 8.57. The molecule has 22 N–H and O–H groups in total. The Morgan fingerprint density at radius 2 is 0.500 bits per heavy atom. The van der Waals surface area contributed by atoms with E-state index in [0.717, 1.165) is 0 Å². The summed E-state index contributed by atoms with van der Waals surface area (Å²) in [6, 6.07) is 0. The van der Waals surface area contributed by atoms with Crippen LogP contribution in [0.3, 0.4) is 0 Å². The fourth-order valence-corrected chi connectivity index (χ4v) is 0. The number of rotatable bonds is 0. The molecule has 0 aliphatic heterocycles. The van der Waals surface area contributed by atoms with Gasteiger partial charge in [-0.05, 0) is 0 Å². The van der Waals surface area contributed by atoms with Crippen molar-refractivity contribution in [2.75, 3.05) is 0 Å². The quantitative estimate of drug-likeness (QED) is 0.233. The molecule has 0 unspecified atom stereocenters. The third-order valence-corrected chi connectivity index (χ3v) is 0. The summed E-state index contributed by atoms with van der Waals surface area (Å²) in [7, 11) is 0. The monoisotopic (exact) mass is 299 g/mol. The molecule has 0 aromatic rings. The van der Waals surface area contributed by atoms with Crippen molar-refractivity contribution in [1.29, 1.82) is 0 Å². The first-order valence-corrected chi connectivity index (χ1v) is 1.48. The maximum absolute atomic E-state index is 8.57. The molecule has 0 bridgehead atoms. The van der Waals surface area contributed by atoms with Crippen LogP contribution in [0.2, 0.25) is 0 Å². The molecule has 0 aliphatic carbocycles. The van der Waals surface area contributed by atoms with Crippen LogP contribution in [0.25, 0.3) is 0 Å². The first-order valence-electron chi connectivity index (χ1n) is 0.494. The number of hydrogen-bond donors (Lipinski definition) is 8. The normalized spacial score (nSPS) is 0.500. The Hall–Kier alpha value is -0.568. The van der Waals surface area contributed by atoms with Crippen molar-refractivity contribution in [1.82, 2.24) is 43.1 Å². The average molecular weight is 299 g/mol. The second-order valence-corrected chi connectivity index (χ2v) is 0.316. The van der Waals surface area contributed by atoms with Crippen LogP contribution in [-0.4, -0.2) is 19.6 Å². The third-order valence-electron chi connectivity index (χ3n) is 0. The predicted molar refractivity (Wildman–Crippen MR) is 58.8 cm³/mol. The molecule has 0 heterocycles. The summed E-state index contributed by atoms with van der Waals surface area (Å²) in [4.78, 5) is 0. The van der Waals surface area contributed by atoms with Gasteiger partial charge in [-0.15, -0.1) is 0 Å². The zero-order valence-corrected chi connectivity index (χ0v) is 9.99. The van der Waals surface area contributed by atoms with Gasteiger partial charge in [0.1, 0.15) is 0 Å². The fourth-order valence-electron chi connectivity index (χ4n) is 0. The van der Waals surface area contributed by atoms with E-state index in [0.29, 0.717) is 0 Å². The van der Waals surface area contributed by atoms with Crippen molar-refractivity contribution in [2.24, 2.45) is 0 Å². The standard InChI is InChI=1S/Al.6FH.7H3N.H2O.O/h;6*1H;7*1H3;1H2;/q+1;;;;;;;;;;;;;;;/p-1. The fraction of sp³-hybridized carbons (Fsp3) is 0. The van der Waals surface area contributed by atoms with Crippen LogP contribution in [0, 0.1) is 0 Å². The van der Waals surface area contributed by atoms with Crippen molar-refractivity contribution in [3.8, 4) is 0 Å². The van der Waals surface area contributed by atoms with Gasteiger partial charge in [-0.25, -0.2) is 0 Å². The third kappa shape index (κ3) is 6450. The van der Waals surface area contributed by atoms with Crippen molar-refractivity contribution in [2.45, 2.75) is 0 Å². The van der Waals surface area contributed by atoms with Gasteiger partial charge in [-0.2, -0.15) is 0 Å². The van der Waals surface area contributed by atoms with E-state index in [9.17, 15) is 0 Å². The van der Waals surface area contributed by atoms with Gasteiger partial charge < -0.3 is 43.1 Å². The van der Waals surface area contributed by atoms with Crippen molar-refractivity contribution < 1.29 is 36.2 Å². The molecule has 0 aromatic heterocycles. The Kier molecular flexibility index (Phi) is 1360000. The molecule has 0 aromatic carbocycles. The van der Waals surface area contributed by atoms with Gasteiger partial charge in [0.15, 0.2) is 0 Å². The number of halogens is 6. The first kappa shape index (κ1) is 1570. The van der Waals surface area contributed by atoms with Gasteiger partial charge in [0.25, 0.3) is 0 Å². The molecule has 0 amide bonds. The van der Waals surface area contributed by atoms with E-state index in [4.69, 9.17) is 7.96 Å². The summed E-state index contributed by atoms with van der Waals surface area (Å²) in [5, 5.41) is 0. The van der Waals surface area contributed by atoms with Gasteiger partial charge in [-0.3, -0.25) is 28.2 Å². The van der Waals surface area contributed by atoms with E-state index in [1.54, 1.807) is 0 Å². The molecule has 0 saturated heterocycles. The van der Waals surface area contributed by atoms with Crippen LogP contribution >= 0.6 is 0 Å². The summed E-state index contributed by atoms with van der Waals surface area (Å²) >= 11 is -1.50. The molecule has 0 spiro atoms. The SMILES string of the molecule is F.F.F.F.F.F.N.N.N.N.N.N.N.[O]=[Al][OH]. The molecule has 16 heavy (non-hydrogen) atoms. The van der Waals surface area contributed by atoms with E-state index in [1.807, 2.05) is 0 Å². The second kappa shape index (κ2) is 13900. The minimum absolute atomic E-state index is 0. The van der Waals surface area contributed by atoms with Crippen molar-refractivity contribution in [3.63, 3.8) is 0 Å². The summed E-state index contributed by atoms with van der Waals surface area (Å²) < 4.78 is 15.7. The second-order valence-electron chi connectivity index (χ2n) is 0.105. The Morgan fingerprint density at radius 1 is 0.500 bits per heavy atom. The molecule has 0 rings (SSSR count). The molecule has 0 fully saturated rings. The molecule has 9 nitrogen and oxygen atoms in total. The van der Waals surface area contributed by atoms with Gasteiger partial charge in [0.05, 0.1) is 0 Å². The predicted octanol–water partition coefficient (Wildman–Crippen LogP) is 0.992. The molecule has 0 aliphatic rings. The minimum atomic E-state index is -1.50. The van der Waals surface area contributed by atoms with E-state index in [-0.39, 0.29) is 71.3 Å². The van der Waals surface area contributed by atoms with Crippen LogP contribution in [0.15, 0.2) is 0 Å². The molecule has 120 valence electrons. The van der Waals surface area contributed by atoms with Gasteiger partial charge in [0, 0.05) is 0 Å².